The van der Waals surface area contributed by atoms with Crippen molar-refractivity contribution >= 4 is 0 Å². The first-order valence-corrected chi connectivity index (χ1v) is 5.76. The number of aliphatic hydroxyl groups is 1. The van der Waals surface area contributed by atoms with Crippen molar-refractivity contribution in [2.75, 3.05) is 0 Å². The molecule has 1 N–H and O–H groups in total. The van der Waals surface area contributed by atoms with Gasteiger partial charge in [0.05, 0.1) is 5.60 Å². The van der Waals surface area contributed by atoms with Crippen molar-refractivity contribution in [1.29, 1.82) is 0 Å². The number of benzene rings is 1. The predicted octanol–water partition coefficient (Wildman–Crippen LogP) is 3.42. The molecule has 1 nitrogen and oxygen atoms in total. The lowest BCUT2D eigenvalue weighted by molar-refractivity contribution is 0.0302. The molecule has 0 aliphatic carbocycles. The van der Waals surface area contributed by atoms with Crippen molar-refractivity contribution in [2.24, 2.45) is 5.92 Å². The minimum absolute atomic E-state index is 0.524. The van der Waals surface area contributed by atoms with Gasteiger partial charge < -0.3 is 5.11 Å². The second kappa shape index (κ2) is 5.32. The molecule has 0 bridgehead atoms. The predicted molar refractivity (Wildman–Crippen MR) is 64.8 cm³/mol. The second-order valence-electron chi connectivity index (χ2n) is 5.08. The molecule has 15 heavy (non-hydrogen) atoms. The van der Waals surface area contributed by atoms with Crippen molar-refractivity contribution in [3.05, 3.63) is 35.9 Å². The van der Waals surface area contributed by atoms with Crippen LogP contribution in [-0.2, 0) is 6.42 Å². The highest BCUT2D eigenvalue weighted by atomic mass is 16.3. The van der Waals surface area contributed by atoms with Gasteiger partial charge in [-0.2, -0.15) is 0 Å². The van der Waals surface area contributed by atoms with Gasteiger partial charge in [-0.05, 0) is 37.7 Å². The van der Waals surface area contributed by atoms with Crippen LogP contribution in [0.4, 0.5) is 0 Å². The van der Waals surface area contributed by atoms with E-state index in [4.69, 9.17) is 0 Å². The van der Waals surface area contributed by atoms with Crippen LogP contribution in [0.5, 0.6) is 0 Å². The monoisotopic (exact) mass is 206 g/mol. The van der Waals surface area contributed by atoms with Crippen LogP contribution < -0.4 is 0 Å². The van der Waals surface area contributed by atoms with E-state index in [2.05, 4.69) is 26.0 Å². The van der Waals surface area contributed by atoms with E-state index in [1.54, 1.807) is 0 Å². The van der Waals surface area contributed by atoms with E-state index >= 15 is 0 Å². The molecule has 0 saturated carbocycles. The van der Waals surface area contributed by atoms with Crippen LogP contribution in [0.1, 0.15) is 39.2 Å². The molecule has 1 rings (SSSR count). The SMILES string of the molecule is CC(C)CC(C)(O)CCc1ccccc1. The molecule has 0 aliphatic rings. The summed E-state index contributed by atoms with van der Waals surface area (Å²) in [6.07, 6.45) is 2.68. The largest absolute Gasteiger partial charge is 0.390 e. The summed E-state index contributed by atoms with van der Waals surface area (Å²) in [5.41, 5.74) is 0.783. The van der Waals surface area contributed by atoms with Crippen LogP contribution in [0.2, 0.25) is 0 Å². The Bertz CT molecular complexity index is 275. The molecule has 1 aromatic carbocycles. The average molecular weight is 206 g/mol. The highest BCUT2D eigenvalue weighted by Crippen LogP contribution is 2.21. The highest BCUT2D eigenvalue weighted by molar-refractivity contribution is 5.14. The molecule has 1 unspecified atom stereocenters. The van der Waals surface area contributed by atoms with Gasteiger partial charge in [-0.25, -0.2) is 0 Å². The zero-order valence-electron chi connectivity index (χ0n) is 10.0. The van der Waals surface area contributed by atoms with Gasteiger partial charge in [0.1, 0.15) is 0 Å². The third-order valence-corrected chi connectivity index (χ3v) is 2.64. The normalized spacial score (nSPS) is 15.3. The van der Waals surface area contributed by atoms with Gasteiger partial charge in [-0.1, -0.05) is 44.2 Å². The van der Waals surface area contributed by atoms with E-state index in [1.165, 1.54) is 5.56 Å². The summed E-state index contributed by atoms with van der Waals surface area (Å²) in [5, 5.41) is 10.1. The summed E-state index contributed by atoms with van der Waals surface area (Å²) >= 11 is 0. The smallest absolute Gasteiger partial charge is 0.0625 e. The number of hydrogen-bond acceptors (Lipinski definition) is 1. The molecule has 1 atom stereocenters. The molecule has 0 aliphatic heterocycles. The van der Waals surface area contributed by atoms with Gasteiger partial charge in [0.2, 0.25) is 0 Å². The Balaban J connectivity index is 2.42. The lowest BCUT2D eigenvalue weighted by Gasteiger charge is -2.25. The number of rotatable bonds is 5. The molecular formula is C14H22O. The first-order chi connectivity index (χ1) is 6.99. The summed E-state index contributed by atoms with van der Waals surface area (Å²) in [5.74, 6) is 0.552. The van der Waals surface area contributed by atoms with Gasteiger partial charge in [0, 0.05) is 0 Å². The molecular weight excluding hydrogens is 184 g/mol. The quantitative estimate of drug-likeness (QED) is 0.782. The van der Waals surface area contributed by atoms with E-state index in [0.29, 0.717) is 5.92 Å². The van der Waals surface area contributed by atoms with E-state index in [0.717, 1.165) is 19.3 Å². The topological polar surface area (TPSA) is 20.2 Å². The molecule has 1 heteroatoms. The van der Waals surface area contributed by atoms with Gasteiger partial charge >= 0.3 is 0 Å². The number of aryl methyl sites for hydroxylation is 1. The maximum absolute atomic E-state index is 10.1. The molecule has 0 fully saturated rings. The van der Waals surface area contributed by atoms with Crippen molar-refractivity contribution in [1.82, 2.24) is 0 Å². The number of hydrogen-bond donors (Lipinski definition) is 1. The van der Waals surface area contributed by atoms with Crippen molar-refractivity contribution in [3.63, 3.8) is 0 Å². The maximum atomic E-state index is 10.1. The highest BCUT2D eigenvalue weighted by Gasteiger charge is 2.21. The lowest BCUT2D eigenvalue weighted by Crippen LogP contribution is -2.26. The fourth-order valence-electron chi connectivity index (χ4n) is 2.04. The van der Waals surface area contributed by atoms with E-state index in [9.17, 15) is 5.11 Å². The van der Waals surface area contributed by atoms with E-state index in [-0.39, 0.29) is 0 Å². The van der Waals surface area contributed by atoms with Crippen LogP contribution in [0, 0.1) is 5.92 Å². The Morgan fingerprint density at radius 1 is 1.20 bits per heavy atom. The van der Waals surface area contributed by atoms with Crippen LogP contribution in [-0.4, -0.2) is 10.7 Å². The first kappa shape index (κ1) is 12.3. The van der Waals surface area contributed by atoms with Crippen molar-refractivity contribution in [2.45, 2.75) is 45.6 Å². The van der Waals surface area contributed by atoms with Crippen molar-refractivity contribution < 1.29 is 5.11 Å². The van der Waals surface area contributed by atoms with Gasteiger partial charge in [0.15, 0.2) is 0 Å². The summed E-state index contributed by atoms with van der Waals surface area (Å²) in [7, 11) is 0. The minimum atomic E-state index is -0.524. The van der Waals surface area contributed by atoms with Crippen LogP contribution >= 0.6 is 0 Å². The molecule has 0 amide bonds. The van der Waals surface area contributed by atoms with Crippen LogP contribution in [0.15, 0.2) is 30.3 Å². The zero-order valence-corrected chi connectivity index (χ0v) is 10.0. The molecule has 1 aromatic rings. The summed E-state index contributed by atoms with van der Waals surface area (Å²) in [6, 6.07) is 10.4. The summed E-state index contributed by atoms with van der Waals surface area (Å²) in [6.45, 7) is 6.24. The fraction of sp³-hybridized carbons (Fsp3) is 0.571. The standard InChI is InChI=1S/C14H22O/c1-12(2)11-14(3,15)10-9-13-7-5-4-6-8-13/h4-8,12,15H,9-11H2,1-3H3. The van der Waals surface area contributed by atoms with Gasteiger partial charge in [0.25, 0.3) is 0 Å². The lowest BCUT2D eigenvalue weighted by atomic mass is 9.89. The zero-order chi connectivity index (χ0) is 11.3. The molecule has 84 valence electrons. The Labute approximate surface area is 93.1 Å². The molecule has 0 spiro atoms. The third-order valence-electron chi connectivity index (χ3n) is 2.64. The molecule has 0 heterocycles. The third kappa shape index (κ3) is 4.98. The summed E-state index contributed by atoms with van der Waals surface area (Å²) < 4.78 is 0. The van der Waals surface area contributed by atoms with Crippen molar-refractivity contribution in [3.8, 4) is 0 Å². The minimum Gasteiger partial charge on any atom is -0.390 e. The molecule has 0 saturated heterocycles. The van der Waals surface area contributed by atoms with Crippen LogP contribution in [0.3, 0.4) is 0 Å². The van der Waals surface area contributed by atoms with E-state index in [1.807, 2.05) is 25.1 Å². The fourth-order valence-corrected chi connectivity index (χ4v) is 2.04. The Morgan fingerprint density at radius 3 is 2.33 bits per heavy atom. The first-order valence-electron chi connectivity index (χ1n) is 5.76. The summed E-state index contributed by atoms with van der Waals surface area (Å²) in [4.78, 5) is 0. The Kier molecular flexibility index (Phi) is 4.34. The van der Waals surface area contributed by atoms with E-state index < -0.39 is 5.60 Å². The molecule has 0 radical (unpaired) electrons. The maximum Gasteiger partial charge on any atom is 0.0625 e. The van der Waals surface area contributed by atoms with Gasteiger partial charge in [-0.15, -0.1) is 0 Å². The van der Waals surface area contributed by atoms with Crippen LogP contribution in [0.25, 0.3) is 0 Å². The Morgan fingerprint density at radius 2 is 1.80 bits per heavy atom. The second-order valence-corrected chi connectivity index (χ2v) is 5.08. The Hall–Kier alpha value is -0.820. The van der Waals surface area contributed by atoms with Gasteiger partial charge in [-0.3, -0.25) is 0 Å². The molecule has 0 aromatic heterocycles. The average Bonchev–Trinajstić information content (AvgIpc) is 2.15.